The summed E-state index contributed by atoms with van der Waals surface area (Å²) in [6, 6.07) is 6.94. The summed E-state index contributed by atoms with van der Waals surface area (Å²) in [7, 11) is 0. The molecule has 15 heavy (non-hydrogen) atoms. The predicted molar refractivity (Wildman–Crippen MR) is 55.4 cm³/mol. The van der Waals surface area contributed by atoms with E-state index >= 15 is 0 Å². The second kappa shape index (κ2) is 5.14. The predicted octanol–water partition coefficient (Wildman–Crippen LogP) is 1.26. The molecular weight excluding hydrogens is 194 g/mol. The highest BCUT2D eigenvalue weighted by Gasteiger charge is 2.15. The molecule has 0 aliphatic heterocycles. The minimum absolute atomic E-state index is 0.108. The Morgan fingerprint density at radius 2 is 2.20 bits per heavy atom. The summed E-state index contributed by atoms with van der Waals surface area (Å²) in [5, 5.41) is 11.2. The minimum atomic E-state index is -0.933. The molecule has 80 valence electrons. The van der Waals surface area contributed by atoms with Gasteiger partial charge in [-0.25, -0.2) is 0 Å². The molecule has 0 spiro atoms. The number of rotatable bonds is 5. The number of amides is 1. The first-order chi connectivity index (χ1) is 7.15. The van der Waals surface area contributed by atoms with E-state index < -0.39 is 12.0 Å². The zero-order valence-corrected chi connectivity index (χ0v) is 8.43. The summed E-state index contributed by atoms with van der Waals surface area (Å²) >= 11 is 0. The average molecular weight is 207 g/mol. The van der Waals surface area contributed by atoms with Crippen LogP contribution in [-0.4, -0.2) is 17.5 Å². The molecular formula is C11H13NO3. The van der Waals surface area contributed by atoms with E-state index in [9.17, 15) is 9.59 Å². The van der Waals surface area contributed by atoms with E-state index in [2.05, 4.69) is 5.32 Å². The number of carboxylic acids is 1. The SMILES string of the molecule is Cc1ccccc1[C@H](CC(=O)O)NC=O. The molecule has 0 saturated heterocycles. The number of hydrogen-bond acceptors (Lipinski definition) is 2. The third-order valence-electron chi connectivity index (χ3n) is 2.21. The second-order valence-electron chi connectivity index (χ2n) is 3.29. The van der Waals surface area contributed by atoms with Gasteiger partial charge < -0.3 is 10.4 Å². The lowest BCUT2D eigenvalue weighted by atomic mass is 9.99. The summed E-state index contributed by atoms with van der Waals surface area (Å²) in [5.74, 6) is -0.933. The van der Waals surface area contributed by atoms with Crippen molar-refractivity contribution in [2.45, 2.75) is 19.4 Å². The van der Waals surface area contributed by atoms with Crippen LogP contribution in [-0.2, 0) is 9.59 Å². The molecule has 0 radical (unpaired) electrons. The van der Waals surface area contributed by atoms with Crippen LogP contribution in [0.15, 0.2) is 24.3 Å². The van der Waals surface area contributed by atoms with E-state index in [1.54, 1.807) is 0 Å². The van der Waals surface area contributed by atoms with Crippen molar-refractivity contribution in [2.75, 3.05) is 0 Å². The van der Waals surface area contributed by atoms with Crippen LogP contribution in [0, 0.1) is 6.92 Å². The van der Waals surface area contributed by atoms with Crippen LogP contribution in [0.4, 0.5) is 0 Å². The zero-order chi connectivity index (χ0) is 11.3. The first-order valence-corrected chi connectivity index (χ1v) is 4.62. The first-order valence-electron chi connectivity index (χ1n) is 4.62. The highest BCUT2D eigenvalue weighted by atomic mass is 16.4. The zero-order valence-electron chi connectivity index (χ0n) is 8.43. The Kier molecular flexibility index (Phi) is 3.85. The Bertz CT molecular complexity index is 363. The Hall–Kier alpha value is -1.84. The molecule has 2 N–H and O–H groups in total. The summed E-state index contributed by atoms with van der Waals surface area (Å²) in [6.07, 6.45) is 0.420. The van der Waals surface area contributed by atoms with Gasteiger partial charge in [0.05, 0.1) is 12.5 Å². The van der Waals surface area contributed by atoms with E-state index in [0.29, 0.717) is 6.41 Å². The maximum Gasteiger partial charge on any atom is 0.305 e. The average Bonchev–Trinajstić information content (AvgIpc) is 2.17. The van der Waals surface area contributed by atoms with Gasteiger partial charge >= 0.3 is 5.97 Å². The Morgan fingerprint density at radius 1 is 1.53 bits per heavy atom. The Morgan fingerprint density at radius 3 is 2.73 bits per heavy atom. The number of carbonyl (C=O) groups is 2. The van der Waals surface area contributed by atoms with Gasteiger partial charge in [-0.15, -0.1) is 0 Å². The van der Waals surface area contributed by atoms with Crippen molar-refractivity contribution in [1.82, 2.24) is 5.32 Å². The fourth-order valence-corrected chi connectivity index (χ4v) is 1.49. The molecule has 1 aromatic rings. The van der Waals surface area contributed by atoms with Crippen molar-refractivity contribution in [2.24, 2.45) is 0 Å². The summed E-state index contributed by atoms with van der Waals surface area (Å²) in [6.45, 7) is 1.89. The maximum absolute atomic E-state index is 10.6. The quantitative estimate of drug-likeness (QED) is 0.714. The molecule has 0 unspecified atom stereocenters. The normalized spacial score (nSPS) is 11.8. The Balaban J connectivity index is 2.92. The first kappa shape index (κ1) is 11.2. The number of nitrogens with one attached hydrogen (secondary N) is 1. The number of benzene rings is 1. The molecule has 4 nitrogen and oxygen atoms in total. The topological polar surface area (TPSA) is 66.4 Å². The van der Waals surface area contributed by atoms with Crippen LogP contribution in [0.3, 0.4) is 0 Å². The lowest BCUT2D eigenvalue weighted by Crippen LogP contribution is -2.23. The molecule has 0 aliphatic carbocycles. The van der Waals surface area contributed by atoms with Crippen molar-refractivity contribution in [3.05, 3.63) is 35.4 Å². The molecule has 0 heterocycles. The highest BCUT2D eigenvalue weighted by Crippen LogP contribution is 2.19. The number of carboxylic acid groups (broad SMARTS) is 1. The smallest absolute Gasteiger partial charge is 0.305 e. The van der Waals surface area contributed by atoms with Gasteiger partial charge in [-0.3, -0.25) is 9.59 Å². The van der Waals surface area contributed by atoms with E-state index in [1.165, 1.54) is 0 Å². The fourth-order valence-electron chi connectivity index (χ4n) is 1.49. The van der Waals surface area contributed by atoms with Gasteiger partial charge in [-0.1, -0.05) is 24.3 Å². The van der Waals surface area contributed by atoms with E-state index in [4.69, 9.17) is 5.11 Å². The molecule has 0 aromatic heterocycles. The fraction of sp³-hybridized carbons (Fsp3) is 0.273. The van der Waals surface area contributed by atoms with E-state index in [0.717, 1.165) is 11.1 Å². The summed E-state index contributed by atoms with van der Waals surface area (Å²) in [5.41, 5.74) is 1.81. The standard InChI is InChI=1S/C11H13NO3/c1-8-4-2-3-5-9(8)10(12-7-13)6-11(14)15/h2-5,7,10H,6H2,1H3,(H,12,13)(H,14,15)/t10-/m0/s1. The van der Waals surface area contributed by atoms with Crippen LogP contribution in [0.1, 0.15) is 23.6 Å². The van der Waals surface area contributed by atoms with Crippen LogP contribution < -0.4 is 5.32 Å². The van der Waals surface area contributed by atoms with Crippen LogP contribution in [0.25, 0.3) is 0 Å². The monoisotopic (exact) mass is 207 g/mol. The molecule has 1 rings (SSSR count). The summed E-state index contributed by atoms with van der Waals surface area (Å²) < 4.78 is 0. The molecule has 0 bridgehead atoms. The van der Waals surface area contributed by atoms with Gasteiger partial charge in [-0.2, -0.15) is 0 Å². The number of aliphatic carboxylic acids is 1. The van der Waals surface area contributed by atoms with Gasteiger partial charge in [0, 0.05) is 0 Å². The van der Waals surface area contributed by atoms with Crippen molar-refractivity contribution in [1.29, 1.82) is 0 Å². The Labute approximate surface area is 87.9 Å². The number of carbonyl (C=O) groups excluding carboxylic acids is 1. The summed E-state index contributed by atoms with van der Waals surface area (Å²) in [4.78, 5) is 21.0. The number of aryl methyl sites for hydroxylation is 1. The maximum atomic E-state index is 10.6. The molecule has 0 saturated carbocycles. The van der Waals surface area contributed by atoms with Crippen LogP contribution in [0.5, 0.6) is 0 Å². The van der Waals surface area contributed by atoms with Crippen molar-refractivity contribution >= 4 is 12.4 Å². The third-order valence-corrected chi connectivity index (χ3v) is 2.21. The minimum Gasteiger partial charge on any atom is -0.481 e. The van der Waals surface area contributed by atoms with Crippen molar-refractivity contribution in [3.63, 3.8) is 0 Å². The van der Waals surface area contributed by atoms with Crippen LogP contribution >= 0.6 is 0 Å². The highest BCUT2D eigenvalue weighted by molar-refractivity contribution is 5.68. The van der Waals surface area contributed by atoms with E-state index in [1.807, 2.05) is 31.2 Å². The molecule has 1 atom stereocenters. The third kappa shape index (κ3) is 3.09. The van der Waals surface area contributed by atoms with Gasteiger partial charge in [0.25, 0.3) is 0 Å². The lowest BCUT2D eigenvalue weighted by Gasteiger charge is -2.16. The molecule has 4 heteroatoms. The molecule has 0 aliphatic rings. The van der Waals surface area contributed by atoms with Gasteiger partial charge in [-0.05, 0) is 18.1 Å². The van der Waals surface area contributed by atoms with Gasteiger partial charge in [0.2, 0.25) is 6.41 Å². The van der Waals surface area contributed by atoms with Crippen LogP contribution in [0.2, 0.25) is 0 Å². The number of hydrogen-bond donors (Lipinski definition) is 2. The molecule has 0 fully saturated rings. The van der Waals surface area contributed by atoms with Gasteiger partial charge in [0.15, 0.2) is 0 Å². The second-order valence-corrected chi connectivity index (χ2v) is 3.29. The van der Waals surface area contributed by atoms with Crippen molar-refractivity contribution < 1.29 is 14.7 Å². The van der Waals surface area contributed by atoms with Gasteiger partial charge in [0.1, 0.15) is 0 Å². The lowest BCUT2D eigenvalue weighted by molar-refractivity contribution is -0.137. The van der Waals surface area contributed by atoms with Crippen molar-refractivity contribution in [3.8, 4) is 0 Å². The molecule has 1 amide bonds. The largest absolute Gasteiger partial charge is 0.481 e. The van der Waals surface area contributed by atoms with E-state index in [-0.39, 0.29) is 6.42 Å². The molecule has 1 aromatic carbocycles.